The number of anilines is 1. The highest BCUT2D eigenvalue weighted by Crippen LogP contribution is 2.40. The van der Waals surface area contributed by atoms with Crippen LogP contribution in [0.4, 0.5) is 14.9 Å². The number of halogens is 4. The first-order chi connectivity index (χ1) is 15.3. The summed E-state index contributed by atoms with van der Waals surface area (Å²) in [6, 6.07) is 16.4. The number of ether oxygens (including phenoxy) is 1. The van der Waals surface area contributed by atoms with E-state index in [4.69, 9.17) is 16.3 Å². The van der Waals surface area contributed by atoms with E-state index >= 15 is 0 Å². The Morgan fingerprint density at radius 3 is 2.44 bits per heavy atom. The van der Waals surface area contributed by atoms with Crippen LogP contribution in [0.1, 0.15) is 11.1 Å². The SMILES string of the molecule is O=C1S/C(=C\c2cc(Br)c(OCc3cccc(F)c3)c(Br)c2)C(=O)N1c1ccccc1Cl. The molecule has 1 saturated heterocycles. The topological polar surface area (TPSA) is 46.6 Å². The molecule has 32 heavy (non-hydrogen) atoms. The average Bonchev–Trinajstić information content (AvgIpc) is 3.01. The van der Waals surface area contributed by atoms with Gasteiger partial charge >= 0.3 is 0 Å². The molecule has 2 amide bonds. The molecule has 0 radical (unpaired) electrons. The predicted molar refractivity (Wildman–Crippen MR) is 132 cm³/mol. The third-order valence-corrected chi connectivity index (χ3v) is 6.84. The van der Waals surface area contributed by atoms with Crippen molar-refractivity contribution < 1.29 is 18.7 Å². The maximum atomic E-state index is 13.4. The molecule has 1 heterocycles. The molecular formula is C23H13Br2ClFNO3S. The highest BCUT2D eigenvalue weighted by Gasteiger charge is 2.37. The van der Waals surface area contributed by atoms with Crippen molar-refractivity contribution in [1.82, 2.24) is 0 Å². The number of amides is 2. The summed E-state index contributed by atoms with van der Waals surface area (Å²) in [6.45, 7) is 0.186. The number of nitrogens with zero attached hydrogens (tertiary/aromatic N) is 1. The van der Waals surface area contributed by atoms with Crippen LogP contribution in [0.2, 0.25) is 5.02 Å². The van der Waals surface area contributed by atoms with E-state index in [0.717, 1.165) is 16.7 Å². The van der Waals surface area contributed by atoms with E-state index in [2.05, 4.69) is 31.9 Å². The zero-order valence-electron chi connectivity index (χ0n) is 16.2. The summed E-state index contributed by atoms with van der Waals surface area (Å²) >= 11 is 14.0. The van der Waals surface area contributed by atoms with Gasteiger partial charge in [0.2, 0.25) is 0 Å². The van der Waals surface area contributed by atoms with Crippen LogP contribution in [0.15, 0.2) is 74.5 Å². The molecule has 0 aliphatic carbocycles. The summed E-state index contributed by atoms with van der Waals surface area (Å²) in [5.74, 6) is -0.229. The van der Waals surface area contributed by atoms with Crippen molar-refractivity contribution in [2.75, 3.05) is 4.90 Å². The van der Waals surface area contributed by atoms with Gasteiger partial charge in [0, 0.05) is 0 Å². The van der Waals surface area contributed by atoms with Gasteiger partial charge in [-0.25, -0.2) is 9.29 Å². The quantitative estimate of drug-likeness (QED) is 0.282. The number of imide groups is 1. The summed E-state index contributed by atoms with van der Waals surface area (Å²) in [5.41, 5.74) is 1.73. The molecule has 0 N–H and O–H groups in total. The van der Waals surface area contributed by atoms with Crippen LogP contribution in [-0.2, 0) is 11.4 Å². The minimum atomic E-state index is -0.438. The number of thioether (sulfide) groups is 1. The van der Waals surface area contributed by atoms with Crippen LogP contribution in [-0.4, -0.2) is 11.1 Å². The first kappa shape index (κ1) is 23.0. The molecule has 3 aromatic carbocycles. The van der Waals surface area contributed by atoms with E-state index in [9.17, 15) is 14.0 Å². The molecule has 0 saturated carbocycles. The number of hydrogen-bond donors (Lipinski definition) is 0. The molecule has 0 spiro atoms. The predicted octanol–water partition coefficient (Wildman–Crippen LogP) is 7.82. The second-order valence-electron chi connectivity index (χ2n) is 6.70. The molecule has 0 atom stereocenters. The molecule has 4 nitrogen and oxygen atoms in total. The first-order valence-corrected chi connectivity index (χ1v) is 12.0. The lowest BCUT2D eigenvalue weighted by Crippen LogP contribution is -2.27. The molecule has 0 unspecified atom stereocenters. The normalized spacial score (nSPS) is 15.0. The van der Waals surface area contributed by atoms with Crippen LogP contribution >= 0.6 is 55.2 Å². The van der Waals surface area contributed by atoms with E-state index in [1.165, 1.54) is 12.1 Å². The van der Waals surface area contributed by atoms with E-state index < -0.39 is 11.1 Å². The lowest BCUT2D eigenvalue weighted by molar-refractivity contribution is -0.113. The number of hydrogen-bond acceptors (Lipinski definition) is 4. The van der Waals surface area contributed by atoms with E-state index in [0.29, 0.717) is 36.5 Å². The van der Waals surface area contributed by atoms with E-state index in [1.54, 1.807) is 54.6 Å². The molecule has 3 aromatic rings. The Hall–Kier alpha value is -2.13. The Kier molecular flexibility index (Phi) is 7.05. The Morgan fingerprint density at radius 2 is 1.75 bits per heavy atom. The fourth-order valence-corrected chi connectivity index (χ4v) is 5.55. The Balaban J connectivity index is 1.56. The molecule has 4 rings (SSSR count). The van der Waals surface area contributed by atoms with Crippen LogP contribution in [0.3, 0.4) is 0 Å². The molecular weight excluding hydrogens is 585 g/mol. The van der Waals surface area contributed by atoms with Gasteiger partial charge in [-0.2, -0.15) is 0 Å². The zero-order valence-corrected chi connectivity index (χ0v) is 20.9. The van der Waals surface area contributed by atoms with Gasteiger partial charge in [0.15, 0.2) is 0 Å². The minimum absolute atomic E-state index is 0.186. The van der Waals surface area contributed by atoms with Gasteiger partial charge in [0.1, 0.15) is 18.2 Å². The molecule has 0 aromatic heterocycles. The Bertz CT molecular complexity index is 1240. The van der Waals surface area contributed by atoms with Crippen molar-refractivity contribution in [1.29, 1.82) is 0 Å². The van der Waals surface area contributed by atoms with Gasteiger partial charge < -0.3 is 4.74 Å². The van der Waals surface area contributed by atoms with Crippen molar-refractivity contribution in [3.63, 3.8) is 0 Å². The van der Waals surface area contributed by atoms with Crippen molar-refractivity contribution in [3.05, 3.63) is 96.5 Å². The summed E-state index contributed by atoms with van der Waals surface area (Å²) in [5, 5.41) is -0.0936. The summed E-state index contributed by atoms with van der Waals surface area (Å²) < 4.78 is 20.5. The Labute approximate surface area is 209 Å². The molecule has 0 bridgehead atoms. The van der Waals surface area contributed by atoms with Gasteiger partial charge in [-0.1, -0.05) is 35.9 Å². The highest BCUT2D eigenvalue weighted by atomic mass is 79.9. The largest absolute Gasteiger partial charge is 0.487 e. The second-order valence-corrected chi connectivity index (χ2v) is 9.81. The van der Waals surface area contributed by atoms with E-state index in [1.807, 2.05) is 0 Å². The van der Waals surface area contributed by atoms with Gasteiger partial charge in [-0.15, -0.1) is 0 Å². The zero-order chi connectivity index (χ0) is 22.8. The monoisotopic (exact) mass is 595 g/mol. The van der Waals surface area contributed by atoms with Crippen LogP contribution in [0, 0.1) is 5.82 Å². The Morgan fingerprint density at radius 1 is 1.03 bits per heavy atom. The maximum Gasteiger partial charge on any atom is 0.298 e. The highest BCUT2D eigenvalue weighted by molar-refractivity contribution is 9.11. The number of benzene rings is 3. The first-order valence-electron chi connectivity index (χ1n) is 9.22. The van der Waals surface area contributed by atoms with Crippen molar-refractivity contribution in [2.45, 2.75) is 6.61 Å². The van der Waals surface area contributed by atoms with Crippen molar-refractivity contribution in [3.8, 4) is 5.75 Å². The fraction of sp³-hybridized carbons (Fsp3) is 0.0435. The van der Waals surface area contributed by atoms with Gasteiger partial charge in [0.25, 0.3) is 11.1 Å². The third kappa shape index (κ3) is 4.93. The standard InChI is InChI=1S/C23H13Br2ClFNO3S/c24-16-9-14(10-17(25)21(16)31-12-13-4-3-5-15(27)8-13)11-20-22(29)28(23(30)32-20)19-7-2-1-6-18(19)26/h1-11H,12H2/b20-11-. The lowest BCUT2D eigenvalue weighted by atomic mass is 10.2. The summed E-state index contributed by atoms with van der Waals surface area (Å²) in [6.07, 6.45) is 1.63. The number of carbonyl (C=O) groups is 2. The molecule has 9 heteroatoms. The molecule has 1 fully saturated rings. The van der Waals surface area contributed by atoms with Crippen molar-refractivity contribution >= 4 is 78.1 Å². The maximum absolute atomic E-state index is 13.4. The average molecular weight is 598 g/mol. The van der Waals surface area contributed by atoms with E-state index in [-0.39, 0.29) is 17.3 Å². The number of carbonyl (C=O) groups excluding carboxylic acids is 2. The minimum Gasteiger partial charge on any atom is -0.487 e. The second kappa shape index (κ2) is 9.79. The number of para-hydroxylation sites is 1. The van der Waals surface area contributed by atoms with Crippen LogP contribution in [0.25, 0.3) is 6.08 Å². The lowest BCUT2D eigenvalue weighted by Gasteiger charge is -2.13. The smallest absolute Gasteiger partial charge is 0.298 e. The van der Waals surface area contributed by atoms with Gasteiger partial charge in [-0.3, -0.25) is 9.59 Å². The summed E-state index contributed by atoms with van der Waals surface area (Å²) in [7, 11) is 0. The van der Waals surface area contributed by atoms with Gasteiger partial charge in [0.05, 0.1) is 24.6 Å². The number of rotatable bonds is 5. The van der Waals surface area contributed by atoms with Crippen molar-refractivity contribution in [2.24, 2.45) is 0 Å². The third-order valence-electron chi connectivity index (χ3n) is 4.48. The molecule has 162 valence electrons. The molecule has 1 aliphatic rings. The molecule has 1 aliphatic heterocycles. The van der Waals surface area contributed by atoms with Crippen LogP contribution < -0.4 is 9.64 Å². The van der Waals surface area contributed by atoms with Gasteiger partial charge in [-0.05, 0) is 97.2 Å². The van der Waals surface area contributed by atoms with Crippen LogP contribution in [0.5, 0.6) is 5.75 Å². The fourth-order valence-electron chi connectivity index (χ4n) is 3.04. The summed E-state index contributed by atoms with van der Waals surface area (Å²) in [4.78, 5) is 26.7.